The molecule has 2 saturated carbocycles. The van der Waals surface area contributed by atoms with Crippen LogP contribution < -0.4 is 15.4 Å². The van der Waals surface area contributed by atoms with Gasteiger partial charge in [0.15, 0.2) is 0 Å². The van der Waals surface area contributed by atoms with Gasteiger partial charge in [-0.05, 0) is 70.2 Å². The van der Waals surface area contributed by atoms with Gasteiger partial charge in [0.1, 0.15) is 17.6 Å². The first-order valence-electron chi connectivity index (χ1n) is 12.9. The number of nitrogens with zero attached hydrogens (tertiary/aromatic N) is 2. The molecular weight excluding hydrogens is 466 g/mol. The minimum atomic E-state index is -0.956. The number of hydrogen-bond acceptors (Lipinski definition) is 5. The second-order valence-electron chi connectivity index (χ2n) is 10.9. The van der Waals surface area contributed by atoms with E-state index in [4.69, 9.17) is 0 Å². The van der Waals surface area contributed by atoms with E-state index < -0.39 is 17.6 Å². The number of allylic oxidation sites excluding steroid dienone is 1. The number of amides is 5. The van der Waals surface area contributed by atoms with E-state index in [0.717, 1.165) is 44.9 Å². The largest absolute Gasteiger partial charge is 0.339 e. The molecule has 1 saturated heterocycles. The number of fused-ring (bicyclic) bond motifs is 2. The van der Waals surface area contributed by atoms with Gasteiger partial charge in [0.25, 0.3) is 5.91 Å². The molecule has 0 radical (unpaired) electrons. The number of urea groups is 1. The van der Waals surface area contributed by atoms with Crippen molar-refractivity contribution in [3.05, 3.63) is 12.2 Å². The molecule has 2 heterocycles. The minimum Gasteiger partial charge on any atom is -0.339 e. The minimum absolute atomic E-state index is 0.0399. The van der Waals surface area contributed by atoms with Crippen molar-refractivity contribution >= 4 is 35.7 Å². The number of nitrogens with one attached hydrogen (secondary N) is 3. The Morgan fingerprint density at radius 2 is 1.91 bits per heavy atom. The Bertz CT molecular complexity index is 889. The molecule has 1 unspecified atom stereocenters. The number of rotatable bonds is 4. The summed E-state index contributed by atoms with van der Waals surface area (Å²) in [5.41, 5.74) is -0.956. The Morgan fingerprint density at radius 3 is 2.63 bits per heavy atom. The van der Waals surface area contributed by atoms with E-state index in [1.165, 1.54) is 16.8 Å². The van der Waals surface area contributed by atoms with Crippen LogP contribution in [0.5, 0.6) is 0 Å². The fourth-order valence-corrected chi connectivity index (χ4v) is 5.74. The first-order chi connectivity index (χ1) is 16.7. The summed E-state index contributed by atoms with van der Waals surface area (Å²) in [4.78, 5) is 55.6. The predicted octanol–water partition coefficient (Wildman–Crippen LogP) is 2.33. The molecule has 4 rings (SSSR count). The molecule has 9 nitrogen and oxygen atoms in total. The van der Waals surface area contributed by atoms with Gasteiger partial charge in [-0.25, -0.2) is 4.79 Å². The maximum Gasteiger partial charge on any atom is 0.317 e. The molecule has 2 aliphatic carbocycles. The van der Waals surface area contributed by atoms with Crippen LogP contribution in [0.25, 0.3) is 0 Å². The van der Waals surface area contributed by atoms with Gasteiger partial charge in [-0.1, -0.05) is 25.0 Å². The molecule has 10 heteroatoms. The van der Waals surface area contributed by atoms with Crippen molar-refractivity contribution in [1.82, 2.24) is 25.2 Å². The second-order valence-corrected chi connectivity index (χ2v) is 12.3. The maximum atomic E-state index is 13.5. The topological polar surface area (TPSA) is 111 Å². The first-order valence-corrected chi connectivity index (χ1v) is 13.7. The van der Waals surface area contributed by atoms with Crippen molar-refractivity contribution in [2.24, 2.45) is 5.92 Å². The zero-order chi connectivity index (χ0) is 25.2. The lowest BCUT2D eigenvalue weighted by atomic mass is 10.0. The molecular formula is C25H39N5O4S. The van der Waals surface area contributed by atoms with Crippen LogP contribution >= 0.6 is 11.9 Å². The molecule has 35 heavy (non-hydrogen) atoms. The number of carbonyl (C=O) groups is 4. The van der Waals surface area contributed by atoms with Crippen LogP contribution in [0.4, 0.5) is 4.79 Å². The summed E-state index contributed by atoms with van der Waals surface area (Å²) >= 11 is 1.45. The van der Waals surface area contributed by atoms with E-state index in [2.05, 4.69) is 34.4 Å². The van der Waals surface area contributed by atoms with Gasteiger partial charge < -0.3 is 20.4 Å². The van der Waals surface area contributed by atoms with E-state index in [1.807, 2.05) is 0 Å². The monoisotopic (exact) mass is 505 g/mol. The molecule has 0 aromatic heterocycles. The number of carbonyl (C=O) groups excluding carboxylic acids is 4. The molecule has 0 spiro atoms. The summed E-state index contributed by atoms with van der Waals surface area (Å²) in [7, 11) is 3.28. The third-order valence-corrected chi connectivity index (χ3v) is 8.87. The molecule has 0 aromatic carbocycles. The molecule has 2 aliphatic heterocycles. The van der Waals surface area contributed by atoms with Gasteiger partial charge in [0.05, 0.1) is 0 Å². The van der Waals surface area contributed by atoms with Crippen LogP contribution in [-0.4, -0.2) is 76.6 Å². The van der Waals surface area contributed by atoms with E-state index in [0.29, 0.717) is 25.8 Å². The van der Waals surface area contributed by atoms with E-state index >= 15 is 0 Å². The summed E-state index contributed by atoms with van der Waals surface area (Å²) < 4.78 is 3.10. The zero-order valence-corrected chi connectivity index (χ0v) is 21.9. The highest BCUT2D eigenvalue weighted by atomic mass is 32.2. The predicted molar refractivity (Wildman–Crippen MR) is 135 cm³/mol. The molecule has 194 valence electrons. The lowest BCUT2D eigenvalue weighted by Crippen LogP contribution is -2.57. The van der Waals surface area contributed by atoms with Crippen LogP contribution in [0, 0.1) is 5.92 Å². The standard InChI is InChI=1S/C25H39N5O4S/c1-24(13-14-24)35-28-22(33)25-16-17(25)10-7-5-4-6-8-11-18(26-23(34)29(2)3)21(32)30-15-9-12-19(30)20(31)27-25/h7,10,17-19H,4-6,8-9,11-16H2,1-3H3,(H,26,34)(H,27,31)(H,28,33)/b10-7-/t17?,18-,19-,25+/m0/s1. The maximum absolute atomic E-state index is 13.5. The summed E-state index contributed by atoms with van der Waals surface area (Å²) in [5.74, 6) is -0.692. The summed E-state index contributed by atoms with van der Waals surface area (Å²) in [6.07, 6.45) is 12.3. The third kappa shape index (κ3) is 5.95. The molecule has 0 bridgehead atoms. The molecule has 0 aromatic rings. The third-order valence-electron chi connectivity index (χ3n) is 7.68. The Labute approximate surface area is 212 Å². The Morgan fingerprint density at radius 1 is 1.14 bits per heavy atom. The average molecular weight is 506 g/mol. The van der Waals surface area contributed by atoms with Crippen molar-refractivity contribution in [3.63, 3.8) is 0 Å². The molecule has 4 atom stereocenters. The smallest absolute Gasteiger partial charge is 0.317 e. The second kappa shape index (κ2) is 10.4. The van der Waals surface area contributed by atoms with Crippen molar-refractivity contribution in [1.29, 1.82) is 0 Å². The Kier molecular flexibility index (Phi) is 7.68. The van der Waals surface area contributed by atoms with Crippen molar-refractivity contribution in [2.75, 3.05) is 20.6 Å². The first kappa shape index (κ1) is 25.9. The van der Waals surface area contributed by atoms with Crippen LogP contribution in [0.1, 0.15) is 71.1 Å². The van der Waals surface area contributed by atoms with Gasteiger partial charge in [-0.2, -0.15) is 0 Å². The summed E-state index contributed by atoms with van der Waals surface area (Å²) in [5, 5.41) is 5.90. The summed E-state index contributed by atoms with van der Waals surface area (Å²) in [6.45, 7) is 2.60. The zero-order valence-electron chi connectivity index (χ0n) is 21.1. The Hall–Kier alpha value is -2.23. The van der Waals surface area contributed by atoms with E-state index in [1.54, 1.807) is 19.0 Å². The highest BCUT2D eigenvalue weighted by molar-refractivity contribution is 7.99. The van der Waals surface area contributed by atoms with Gasteiger partial charge in [0.2, 0.25) is 11.8 Å². The van der Waals surface area contributed by atoms with Crippen molar-refractivity contribution in [3.8, 4) is 0 Å². The van der Waals surface area contributed by atoms with E-state index in [9.17, 15) is 19.2 Å². The van der Waals surface area contributed by atoms with Crippen LogP contribution in [0.2, 0.25) is 0 Å². The molecule has 5 amide bonds. The SMILES string of the molecule is CN(C)C(=O)N[C@H]1CCCCC/C=C\C2C[C@@]2(C(=O)NSC2(C)CC2)NC(=O)[C@@H]2CCCN2C1=O. The molecule has 3 N–H and O–H groups in total. The fraction of sp³-hybridized carbons (Fsp3) is 0.760. The molecule has 4 aliphatic rings. The fourth-order valence-electron chi connectivity index (χ4n) is 4.91. The quantitative estimate of drug-likeness (QED) is 0.401. The van der Waals surface area contributed by atoms with Gasteiger partial charge in [-0.3, -0.25) is 19.1 Å². The van der Waals surface area contributed by atoms with Gasteiger partial charge >= 0.3 is 6.03 Å². The van der Waals surface area contributed by atoms with Crippen molar-refractivity contribution in [2.45, 2.75) is 93.5 Å². The molecule has 3 fully saturated rings. The lowest BCUT2D eigenvalue weighted by Gasteiger charge is -2.30. The number of hydrogen-bond donors (Lipinski definition) is 3. The van der Waals surface area contributed by atoms with E-state index in [-0.39, 0.29) is 34.4 Å². The van der Waals surface area contributed by atoms with Crippen LogP contribution in [-0.2, 0) is 14.4 Å². The van der Waals surface area contributed by atoms with Gasteiger partial charge in [0, 0.05) is 31.3 Å². The highest BCUT2D eigenvalue weighted by Gasteiger charge is 2.61. The Balaban J connectivity index is 1.52. The van der Waals surface area contributed by atoms with Crippen molar-refractivity contribution < 1.29 is 19.2 Å². The van der Waals surface area contributed by atoms with Crippen LogP contribution in [0.15, 0.2) is 12.2 Å². The summed E-state index contributed by atoms with van der Waals surface area (Å²) in [6, 6.07) is -1.61. The van der Waals surface area contributed by atoms with Crippen LogP contribution in [0.3, 0.4) is 0 Å². The average Bonchev–Trinajstić information content (AvgIpc) is 3.66. The normalized spacial score (nSPS) is 33.2. The lowest BCUT2D eigenvalue weighted by molar-refractivity contribution is -0.141. The van der Waals surface area contributed by atoms with Gasteiger partial charge in [-0.15, -0.1) is 0 Å². The highest BCUT2D eigenvalue weighted by Crippen LogP contribution is 2.49.